The zero-order valence-electron chi connectivity index (χ0n) is 15.6. The number of aryl methyl sites for hydroxylation is 1. The minimum atomic E-state index is -0.209. The van der Waals surface area contributed by atoms with Crippen LogP contribution in [0.25, 0.3) is 0 Å². The third-order valence-electron chi connectivity index (χ3n) is 4.74. The van der Waals surface area contributed by atoms with E-state index in [-0.39, 0.29) is 5.82 Å². The van der Waals surface area contributed by atoms with Crippen molar-refractivity contribution >= 4 is 34.7 Å². The molecule has 0 radical (unpaired) electrons. The summed E-state index contributed by atoms with van der Waals surface area (Å²) in [6, 6.07) is 16.1. The molecule has 0 spiro atoms. The normalized spacial score (nSPS) is 14.2. The van der Waals surface area contributed by atoms with E-state index in [1.165, 1.54) is 12.1 Å². The number of nitrogens with one attached hydrogen (secondary N) is 1. The summed E-state index contributed by atoms with van der Waals surface area (Å²) in [7, 11) is 0. The van der Waals surface area contributed by atoms with Crippen molar-refractivity contribution in [3.05, 3.63) is 71.1 Å². The largest absolute Gasteiger partial charge is 0.368 e. The van der Waals surface area contributed by atoms with Gasteiger partial charge < -0.3 is 15.1 Å². The first-order valence-electron chi connectivity index (χ1n) is 9.20. The highest BCUT2D eigenvalue weighted by molar-refractivity contribution is 6.30. The Morgan fingerprint density at radius 2 is 1.54 bits per heavy atom. The van der Waals surface area contributed by atoms with Crippen molar-refractivity contribution in [2.45, 2.75) is 6.92 Å². The number of anilines is 4. The topological polar surface area (TPSA) is 44.3 Å². The molecule has 0 bridgehead atoms. The zero-order valence-corrected chi connectivity index (χ0v) is 16.3. The van der Waals surface area contributed by atoms with Crippen LogP contribution in [-0.2, 0) is 0 Å². The predicted molar refractivity (Wildman–Crippen MR) is 112 cm³/mol. The van der Waals surface area contributed by atoms with Gasteiger partial charge in [-0.2, -0.15) is 4.98 Å². The maximum Gasteiger partial charge on any atom is 0.229 e. The fraction of sp³-hybridized carbons (Fsp3) is 0.238. The number of piperazine rings is 1. The number of hydrogen-bond donors (Lipinski definition) is 1. The van der Waals surface area contributed by atoms with Crippen molar-refractivity contribution in [2.75, 3.05) is 41.3 Å². The Labute approximate surface area is 168 Å². The van der Waals surface area contributed by atoms with Gasteiger partial charge in [-0.15, -0.1) is 0 Å². The van der Waals surface area contributed by atoms with E-state index in [1.54, 1.807) is 0 Å². The molecule has 2 heterocycles. The molecule has 7 heteroatoms. The Morgan fingerprint density at radius 3 is 2.21 bits per heavy atom. The smallest absolute Gasteiger partial charge is 0.229 e. The Kier molecular flexibility index (Phi) is 5.30. The molecule has 0 amide bonds. The van der Waals surface area contributed by atoms with Crippen molar-refractivity contribution in [3.8, 4) is 0 Å². The van der Waals surface area contributed by atoms with Gasteiger partial charge in [0.2, 0.25) is 5.95 Å². The zero-order chi connectivity index (χ0) is 19.5. The summed E-state index contributed by atoms with van der Waals surface area (Å²) in [4.78, 5) is 13.7. The summed E-state index contributed by atoms with van der Waals surface area (Å²) in [6.07, 6.45) is 0. The lowest BCUT2D eigenvalue weighted by Crippen LogP contribution is -2.46. The van der Waals surface area contributed by atoms with Crippen LogP contribution in [0.1, 0.15) is 5.69 Å². The summed E-state index contributed by atoms with van der Waals surface area (Å²) in [5.41, 5.74) is 2.84. The molecule has 5 nitrogen and oxygen atoms in total. The fourth-order valence-corrected chi connectivity index (χ4v) is 3.40. The molecule has 144 valence electrons. The maximum atomic E-state index is 13.1. The van der Waals surface area contributed by atoms with E-state index in [9.17, 15) is 4.39 Å². The lowest BCUT2D eigenvalue weighted by Gasteiger charge is -2.36. The van der Waals surface area contributed by atoms with Crippen LogP contribution in [0.2, 0.25) is 5.02 Å². The molecule has 0 unspecified atom stereocenters. The number of halogens is 2. The third-order valence-corrected chi connectivity index (χ3v) is 4.99. The monoisotopic (exact) mass is 397 g/mol. The summed E-state index contributed by atoms with van der Waals surface area (Å²) in [5.74, 6) is 1.26. The number of benzene rings is 2. The number of nitrogens with zero attached hydrogens (tertiary/aromatic N) is 4. The van der Waals surface area contributed by atoms with Gasteiger partial charge in [0.15, 0.2) is 0 Å². The SMILES string of the molecule is Cc1cc(N2CCN(c3ccc(F)cc3)CC2)nc(Nc2ccc(Cl)cc2)n1. The lowest BCUT2D eigenvalue weighted by molar-refractivity contribution is 0.624. The van der Waals surface area contributed by atoms with E-state index in [0.717, 1.165) is 49.1 Å². The molecule has 0 saturated carbocycles. The van der Waals surface area contributed by atoms with E-state index in [4.69, 9.17) is 11.6 Å². The maximum absolute atomic E-state index is 13.1. The number of rotatable bonds is 4. The van der Waals surface area contributed by atoms with Crippen molar-refractivity contribution in [1.29, 1.82) is 0 Å². The number of hydrogen-bond acceptors (Lipinski definition) is 5. The first-order chi connectivity index (χ1) is 13.6. The predicted octanol–water partition coefficient (Wildman–Crippen LogP) is 4.65. The van der Waals surface area contributed by atoms with Crippen LogP contribution >= 0.6 is 11.6 Å². The van der Waals surface area contributed by atoms with Crippen molar-refractivity contribution in [1.82, 2.24) is 9.97 Å². The van der Waals surface area contributed by atoms with Crippen molar-refractivity contribution < 1.29 is 4.39 Å². The highest BCUT2D eigenvalue weighted by Crippen LogP contribution is 2.23. The Bertz CT molecular complexity index is 938. The van der Waals surface area contributed by atoms with Crippen LogP contribution in [-0.4, -0.2) is 36.1 Å². The molecular formula is C21H21ClFN5. The van der Waals surface area contributed by atoms with Gasteiger partial charge in [-0.1, -0.05) is 11.6 Å². The minimum Gasteiger partial charge on any atom is -0.368 e. The summed E-state index contributed by atoms with van der Waals surface area (Å²) >= 11 is 5.94. The average Bonchev–Trinajstić information content (AvgIpc) is 2.70. The molecule has 28 heavy (non-hydrogen) atoms. The molecule has 1 saturated heterocycles. The molecule has 0 aliphatic carbocycles. The van der Waals surface area contributed by atoms with Crippen LogP contribution in [0, 0.1) is 12.7 Å². The van der Waals surface area contributed by atoms with Crippen LogP contribution in [0.3, 0.4) is 0 Å². The Morgan fingerprint density at radius 1 is 0.893 bits per heavy atom. The standard InChI is InChI=1S/C21H21ClFN5/c1-15-14-20(26-21(24-15)25-18-6-2-16(22)3-7-18)28-12-10-27(11-13-28)19-8-4-17(23)5-9-19/h2-9,14H,10-13H2,1H3,(H,24,25,26). The second-order valence-corrected chi connectivity index (χ2v) is 7.21. The second kappa shape index (κ2) is 8.02. The molecule has 2 aromatic carbocycles. The van der Waals surface area contributed by atoms with Crippen LogP contribution in [0.15, 0.2) is 54.6 Å². The molecule has 1 aliphatic heterocycles. The Balaban J connectivity index is 1.45. The van der Waals surface area contributed by atoms with Gasteiger partial charge in [-0.3, -0.25) is 0 Å². The van der Waals surface area contributed by atoms with Gasteiger partial charge in [-0.05, 0) is 55.5 Å². The van der Waals surface area contributed by atoms with Gasteiger partial charge in [0, 0.05) is 54.3 Å². The van der Waals surface area contributed by atoms with E-state index in [2.05, 4.69) is 25.1 Å². The third kappa shape index (κ3) is 4.34. The summed E-state index contributed by atoms with van der Waals surface area (Å²) in [6.45, 7) is 5.36. The van der Waals surface area contributed by atoms with Crippen molar-refractivity contribution in [3.63, 3.8) is 0 Å². The van der Waals surface area contributed by atoms with E-state index < -0.39 is 0 Å². The van der Waals surface area contributed by atoms with Crippen molar-refractivity contribution in [2.24, 2.45) is 0 Å². The van der Waals surface area contributed by atoms with Crippen LogP contribution in [0.4, 0.5) is 27.5 Å². The van der Waals surface area contributed by atoms with E-state index in [0.29, 0.717) is 11.0 Å². The van der Waals surface area contributed by atoms with Gasteiger partial charge >= 0.3 is 0 Å². The van der Waals surface area contributed by atoms with Gasteiger partial charge in [-0.25, -0.2) is 9.37 Å². The van der Waals surface area contributed by atoms with Gasteiger partial charge in [0.1, 0.15) is 11.6 Å². The van der Waals surface area contributed by atoms with Gasteiger partial charge in [0.05, 0.1) is 0 Å². The molecular weight excluding hydrogens is 377 g/mol. The highest BCUT2D eigenvalue weighted by atomic mass is 35.5. The average molecular weight is 398 g/mol. The highest BCUT2D eigenvalue weighted by Gasteiger charge is 2.19. The lowest BCUT2D eigenvalue weighted by atomic mass is 10.2. The molecule has 1 aromatic heterocycles. The summed E-state index contributed by atoms with van der Waals surface area (Å²) in [5, 5.41) is 3.93. The fourth-order valence-electron chi connectivity index (χ4n) is 3.28. The molecule has 0 atom stereocenters. The first-order valence-corrected chi connectivity index (χ1v) is 9.58. The quantitative estimate of drug-likeness (QED) is 0.694. The molecule has 1 aliphatic rings. The van der Waals surface area contributed by atoms with Crippen LogP contribution < -0.4 is 15.1 Å². The van der Waals surface area contributed by atoms with E-state index in [1.807, 2.05) is 49.4 Å². The van der Waals surface area contributed by atoms with Gasteiger partial charge in [0.25, 0.3) is 0 Å². The molecule has 1 N–H and O–H groups in total. The van der Waals surface area contributed by atoms with Crippen LogP contribution in [0.5, 0.6) is 0 Å². The second-order valence-electron chi connectivity index (χ2n) is 6.77. The molecule has 4 rings (SSSR count). The van der Waals surface area contributed by atoms with E-state index >= 15 is 0 Å². The Hall–Kier alpha value is -2.86. The molecule has 1 fully saturated rings. The summed E-state index contributed by atoms with van der Waals surface area (Å²) < 4.78 is 13.1. The minimum absolute atomic E-state index is 0.209. The number of aromatic nitrogens is 2. The first kappa shape index (κ1) is 18.5. The molecule has 3 aromatic rings.